The van der Waals surface area contributed by atoms with Crippen LogP contribution in [0.2, 0.25) is 0 Å². The van der Waals surface area contributed by atoms with Gasteiger partial charge in [0.1, 0.15) is 0 Å². The highest BCUT2D eigenvalue weighted by Gasteiger charge is 2.53. The summed E-state index contributed by atoms with van der Waals surface area (Å²) in [6, 6.07) is 2.29. The molecule has 1 aromatic rings. The molecule has 1 aromatic heterocycles. The van der Waals surface area contributed by atoms with Crippen LogP contribution in [0.15, 0.2) is 15.9 Å². The first-order chi connectivity index (χ1) is 7.21. The van der Waals surface area contributed by atoms with Crippen LogP contribution in [-0.2, 0) is 6.42 Å². The summed E-state index contributed by atoms with van der Waals surface area (Å²) in [4.78, 5) is 1.54. The first-order valence-electron chi connectivity index (χ1n) is 5.50. The van der Waals surface area contributed by atoms with Crippen LogP contribution in [0.5, 0.6) is 0 Å². The Balaban J connectivity index is 1.75. The Labute approximate surface area is 112 Å². The molecule has 0 nitrogen and oxygen atoms in total. The number of fused-ring (bicyclic) bond motifs is 1. The van der Waals surface area contributed by atoms with E-state index in [2.05, 4.69) is 43.3 Å². The van der Waals surface area contributed by atoms with Gasteiger partial charge in [-0.1, -0.05) is 15.9 Å². The minimum atomic E-state index is 0.581. The molecule has 2 unspecified atom stereocenters. The maximum Gasteiger partial charge on any atom is 0.0285 e. The van der Waals surface area contributed by atoms with E-state index in [0.717, 1.165) is 11.8 Å². The van der Waals surface area contributed by atoms with E-state index in [-0.39, 0.29) is 0 Å². The highest BCUT2D eigenvalue weighted by Crippen LogP contribution is 2.61. The van der Waals surface area contributed by atoms with Gasteiger partial charge in [0.25, 0.3) is 0 Å². The van der Waals surface area contributed by atoms with E-state index in [1.54, 1.807) is 4.88 Å². The fourth-order valence-electron chi connectivity index (χ4n) is 3.12. The first kappa shape index (κ1) is 10.8. The molecule has 2 aliphatic carbocycles. The van der Waals surface area contributed by atoms with E-state index in [0.29, 0.717) is 5.41 Å². The second-order valence-corrected chi connectivity index (χ2v) is 7.68. The summed E-state index contributed by atoms with van der Waals surface area (Å²) in [5, 5.41) is 3.38. The van der Waals surface area contributed by atoms with Gasteiger partial charge in [-0.05, 0) is 64.9 Å². The standard InChI is InChI=1S/C12H14Br2S/c13-7-12(3-8-1-9(8)4-12)5-11-2-10(14)6-15-11/h2,6,8-9H,1,3-5,7H2. The molecular formula is C12H14Br2S. The van der Waals surface area contributed by atoms with Gasteiger partial charge in [-0.2, -0.15) is 0 Å². The third kappa shape index (κ3) is 2.07. The summed E-state index contributed by atoms with van der Waals surface area (Å²) in [5.74, 6) is 2.15. The van der Waals surface area contributed by atoms with Gasteiger partial charge < -0.3 is 0 Å². The minimum absolute atomic E-state index is 0.581. The lowest BCUT2D eigenvalue weighted by Gasteiger charge is -2.28. The van der Waals surface area contributed by atoms with E-state index < -0.39 is 0 Å². The van der Waals surface area contributed by atoms with Crippen molar-refractivity contribution in [3.05, 3.63) is 20.8 Å². The molecular weight excluding hydrogens is 336 g/mol. The van der Waals surface area contributed by atoms with Gasteiger partial charge in [0.05, 0.1) is 0 Å². The van der Waals surface area contributed by atoms with Crippen LogP contribution in [0.3, 0.4) is 0 Å². The number of thiophene rings is 1. The highest BCUT2D eigenvalue weighted by molar-refractivity contribution is 9.10. The van der Waals surface area contributed by atoms with Crippen molar-refractivity contribution in [2.45, 2.75) is 25.7 Å². The minimum Gasteiger partial charge on any atom is -0.148 e. The number of rotatable bonds is 3. The van der Waals surface area contributed by atoms with Crippen LogP contribution in [-0.4, -0.2) is 5.33 Å². The Kier molecular flexibility index (Phi) is 2.77. The van der Waals surface area contributed by atoms with Gasteiger partial charge in [0, 0.05) is 20.1 Å². The first-order valence-corrected chi connectivity index (χ1v) is 8.29. The zero-order valence-corrected chi connectivity index (χ0v) is 12.5. The average molecular weight is 350 g/mol. The predicted octanol–water partition coefficient (Wildman–Crippen LogP) is 4.86. The number of alkyl halides is 1. The summed E-state index contributed by atoms with van der Waals surface area (Å²) in [6.45, 7) is 0. The molecule has 15 heavy (non-hydrogen) atoms. The van der Waals surface area contributed by atoms with E-state index in [1.165, 1.54) is 35.5 Å². The summed E-state index contributed by atoms with van der Waals surface area (Å²) >= 11 is 9.18. The quantitative estimate of drug-likeness (QED) is 0.683. The third-order valence-electron chi connectivity index (χ3n) is 3.91. The molecule has 1 heterocycles. The molecule has 3 rings (SSSR count). The van der Waals surface area contributed by atoms with E-state index in [9.17, 15) is 0 Å². The van der Waals surface area contributed by atoms with E-state index in [4.69, 9.17) is 0 Å². The van der Waals surface area contributed by atoms with Gasteiger partial charge in [0.2, 0.25) is 0 Å². The molecule has 0 aromatic carbocycles. The maximum atomic E-state index is 3.74. The van der Waals surface area contributed by atoms with Crippen molar-refractivity contribution in [2.24, 2.45) is 17.3 Å². The van der Waals surface area contributed by atoms with E-state index >= 15 is 0 Å². The predicted molar refractivity (Wildman–Crippen MR) is 72.8 cm³/mol. The van der Waals surface area contributed by atoms with Crippen molar-refractivity contribution < 1.29 is 0 Å². The van der Waals surface area contributed by atoms with Crippen molar-refractivity contribution in [1.82, 2.24) is 0 Å². The summed E-state index contributed by atoms with van der Waals surface area (Å²) in [6.07, 6.45) is 5.71. The van der Waals surface area contributed by atoms with Gasteiger partial charge >= 0.3 is 0 Å². The van der Waals surface area contributed by atoms with Crippen molar-refractivity contribution >= 4 is 43.2 Å². The van der Waals surface area contributed by atoms with Gasteiger partial charge in [-0.25, -0.2) is 0 Å². The SMILES string of the molecule is BrCC1(Cc2cc(Br)cs2)CC2CC2C1. The lowest BCUT2D eigenvalue weighted by atomic mass is 9.81. The van der Waals surface area contributed by atoms with Gasteiger partial charge in [0.15, 0.2) is 0 Å². The average Bonchev–Trinajstić information content (AvgIpc) is 2.65. The topological polar surface area (TPSA) is 0 Å². The largest absolute Gasteiger partial charge is 0.148 e. The van der Waals surface area contributed by atoms with Crippen molar-refractivity contribution in [3.63, 3.8) is 0 Å². The van der Waals surface area contributed by atoms with Crippen molar-refractivity contribution in [1.29, 1.82) is 0 Å². The second-order valence-electron chi connectivity index (χ2n) is 5.21. The van der Waals surface area contributed by atoms with Crippen LogP contribution >= 0.6 is 43.2 Å². The molecule has 0 N–H and O–H groups in total. The van der Waals surface area contributed by atoms with Crippen LogP contribution < -0.4 is 0 Å². The molecule has 2 atom stereocenters. The summed E-state index contributed by atoms with van der Waals surface area (Å²) < 4.78 is 1.25. The van der Waals surface area contributed by atoms with Crippen LogP contribution in [0.4, 0.5) is 0 Å². The second kappa shape index (κ2) is 3.85. The maximum absolute atomic E-state index is 3.74. The fourth-order valence-corrected chi connectivity index (χ4v) is 5.40. The molecule has 82 valence electrons. The Bertz CT molecular complexity index is 361. The molecule has 0 bridgehead atoms. The number of hydrogen-bond donors (Lipinski definition) is 0. The molecule has 0 amide bonds. The summed E-state index contributed by atoms with van der Waals surface area (Å²) in [7, 11) is 0. The molecule has 3 heteroatoms. The van der Waals surface area contributed by atoms with Crippen LogP contribution in [0.1, 0.15) is 24.1 Å². The molecule has 0 radical (unpaired) electrons. The number of hydrogen-bond acceptors (Lipinski definition) is 1. The van der Waals surface area contributed by atoms with Gasteiger partial charge in [-0.15, -0.1) is 11.3 Å². The van der Waals surface area contributed by atoms with Crippen molar-refractivity contribution in [3.8, 4) is 0 Å². The monoisotopic (exact) mass is 348 g/mol. The molecule has 2 fully saturated rings. The Morgan fingerprint density at radius 1 is 1.40 bits per heavy atom. The van der Waals surface area contributed by atoms with Gasteiger partial charge in [-0.3, -0.25) is 0 Å². The molecule has 2 saturated carbocycles. The number of halogens is 2. The molecule has 0 spiro atoms. The Morgan fingerprint density at radius 2 is 2.13 bits per heavy atom. The highest BCUT2D eigenvalue weighted by atomic mass is 79.9. The van der Waals surface area contributed by atoms with Crippen LogP contribution in [0.25, 0.3) is 0 Å². The molecule has 2 aliphatic rings. The van der Waals surface area contributed by atoms with Crippen molar-refractivity contribution in [2.75, 3.05) is 5.33 Å². The Morgan fingerprint density at radius 3 is 2.67 bits per heavy atom. The zero-order chi connectivity index (χ0) is 10.5. The lowest BCUT2D eigenvalue weighted by molar-refractivity contribution is 0.310. The van der Waals surface area contributed by atoms with Crippen LogP contribution in [0, 0.1) is 17.3 Å². The molecule has 0 saturated heterocycles. The third-order valence-corrected chi connectivity index (χ3v) is 6.80. The normalized spacial score (nSPS) is 38.0. The zero-order valence-electron chi connectivity index (χ0n) is 8.51. The summed E-state index contributed by atoms with van der Waals surface area (Å²) in [5.41, 5.74) is 0.581. The fraction of sp³-hybridized carbons (Fsp3) is 0.667. The lowest BCUT2D eigenvalue weighted by Crippen LogP contribution is -2.23. The Hall–Kier alpha value is 0.660. The molecule has 0 aliphatic heterocycles. The smallest absolute Gasteiger partial charge is 0.0285 e. The van der Waals surface area contributed by atoms with E-state index in [1.807, 2.05) is 11.3 Å².